The van der Waals surface area contributed by atoms with Crippen molar-refractivity contribution in [3.8, 4) is 0 Å². The predicted octanol–water partition coefficient (Wildman–Crippen LogP) is 3.37. The van der Waals surface area contributed by atoms with Crippen molar-refractivity contribution in [2.24, 2.45) is 0 Å². The number of halogens is 1. The number of carbonyl (C=O) groups is 1. The summed E-state index contributed by atoms with van der Waals surface area (Å²) < 4.78 is 1.04. The van der Waals surface area contributed by atoms with Gasteiger partial charge in [-0.15, -0.1) is 0 Å². The summed E-state index contributed by atoms with van der Waals surface area (Å²) in [7, 11) is 0. The standard InChI is InChI=1S/C15H17BrN2O2/c16-11-4-5-13-12(7-11)10(8-17-13)9-18-6-2-1-3-14(18)15(19)20/h4-5,7-8,14,17H,1-3,6,9H2,(H,19,20). The van der Waals surface area contributed by atoms with Gasteiger partial charge < -0.3 is 10.1 Å². The number of H-pyrrole nitrogens is 1. The van der Waals surface area contributed by atoms with E-state index in [1.54, 1.807) is 0 Å². The smallest absolute Gasteiger partial charge is 0.320 e. The van der Waals surface area contributed by atoms with Crippen molar-refractivity contribution in [1.82, 2.24) is 9.88 Å². The van der Waals surface area contributed by atoms with Gasteiger partial charge in [0.15, 0.2) is 0 Å². The second kappa shape index (κ2) is 5.58. The lowest BCUT2D eigenvalue weighted by molar-refractivity contribution is -0.144. The number of aliphatic carboxylic acids is 1. The first-order valence-corrected chi connectivity index (χ1v) is 7.67. The number of nitrogens with one attached hydrogen (secondary N) is 1. The van der Waals surface area contributed by atoms with E-state index >= 15 is 0 Å². The van der Waals surface area contributed by atoms with Crippen LogP contribution in [-0.4, -0.2) is 33.5 Å². The highest BCUT2D eigenvalue weighted by molar-refractivity contribution is 9.10. The van der Waals surface area contributed by atoms with Gasteiger partial charge in [-0.3, -0.25) is 9.69 Å². The van der Waals surface area contributed by atoms with Crippen LogP contribution in [0, 0.1) is 0 Å². The highest BCUT2D eigenvalue weighted by atomic mass is 79.9. The van der Waals surface area contributed by atoms with E-state index < -0.39 is 5.97 Å². The first-order chi connectivity index (χ1) is 9.65. The van der Waals surface area contributed by atoms with Crippen LogP contribution in [0.1, 0.15) is 24.8 Å². The van der Waals surface area contributed by atoms with E-state index in [0.29, 0.717) is 6.54 Å². The van der Waals surface area contributed by atoms with Crippen molar-refractivity contribution in [3.05, 3.63) is 34.4 Å². The predicted molar refractivity (Wildman–Crippen MR) is 81.7 cm³/mol. The van der Waals surface area contributed by atoms with Crippen LogP contribution in [-0.2, 0) is 11.3 Å². The third kappa shape index (κ3) is 2.60. The number of benzene rings is 1. The summed E-state index contributed by atoms with van der Waals surface area (Å²) in [5.74, 6) is -0.703. The average Bonchev–Trinajstić information content (AvgIpc) is 2.82. The van der Waals surface area contributed by atoms with Crippen LogP contribution in [0.25, 0.3) is 10.9 Å². The zero-order valence-corrected chi connectivity index (χ0v) is 12.7. The number of carboxylic acid groups (broad SMARTS) is 1. The molecule has 0 bridgehead atoms. The number of hydrogen-bond donors (Lipinski definition) is 2. The van der Waals surface area contributed by atoms with E-state index in [1.165, 1.54) is 0 Å². The molecule has 3 rings (SSSR count). The molecule has 0 saturated carbocycles. The summed E-state index contributed by atoms with van der Waals surface area (Å²) in [6, 6.07) is 5.78. The maximum Gasteiger partial charge on any atom is 0.320 e. The molecule has 2 heterocycles. The van der Waals surface area contributed by atoms with Crippen LogP contribution >= 0.6 is 15.9 Å². The third-order valence-electron chi connectivity index (χ3n) is 4.00. The van der Waals surface area contributed by atoms with E-state index in [9.17, 15) is 9.90 Å². The average molecular weight is 337 g/mol. The van der Waals surface area contributed by atoms with Gasteiger partial charge in [0.1, 0.15) is 6.04 Å². The minimum Gasteiger partial charge on any atom is -0.480 e. The molecular formula is C15H17BrN2O2. The fourth-order valence-corrected chi connectivity index (χ4v) is 3.32. The summed E-state index contributed by atoms with van der Waals surface area (Å²) in [6.45, 7) is 1.55. The lowest BCUT2D eigenvalue weighted by Crippen LogP contribution is -2.43. The molecule has 5 heteroatoms. The minimum absolute atomic E-state index is 0.346. The number of aromatic amines is 1. The van der Waals surface area contributed by atoms with Crippen LogP contribution in [0.3, 0.4) is 0 Å². The monoisotopic (exact) mass is 336 g/mol. The zero-order chi connectivity index (χ0) is 14.1. The number of fused-ring (bicyclic) bond motifs is 1. The van der Waals surface area contributed by atoms with Crippen molar-refractivity contribution < 1.29 is 9.90 Å². The highest BCUT2D eigenvalue weighted by Gasteiger charge is 2.28. The van der Waals surface area contributed by atoms with Crippen molar-refractivity contribution in [2.45, 2.75) is 31.8 Å². The van der Waals surface area contributed by atoms with Gasteiger partial charge in [0, 0.05) is 28.1 Å². The first-order valence-electron chi connectivity index (χ1n) is 6.87. The number of nitrogens with zero attached hydrogens (tertiary/aromatic N) is 1. The Labute approximate surface area is 125 Å². The fourth-order valence-electron chi connectivity index (χ4n) is 2.96. The highest BCUT2D eigenvalue weighted by Crippen LogP contribution is 2.26. The quantitative estimate of drug-likeness (QED) is 0.903. The molecule has 1 aliphatic heterocycles. The molecule has 1 aromatic heterocycles. The van der Waals surface area contributed by atoms with E-state index in [1.807, 2.05) is 18.3 Å². The van der Waals surface area contributed by atoms with Gasteiger partial charge in [0.05, 0.1) is 0 Å². The van der Waals surface area contributed by atoms with Crippen LogP contribution in [0.5, 0.6) is 0 Å². The minimum atomic E-state index is -0.703. The largest absolute Gasteiger partial charge is 0.480 e. The Balaban J connectivity index is 1.88. The Hall–Kier alpha value is -1.33. The van der Waals surface area contributed by atoms with E-state index in [-0.39, 0.29) is 6.04 Å². The molecule has 1 aliphatic rings. The van der Waals surface area contributed by atoms with Crippen molar-refractivity contribution in [1.29, 1.82) is 0 Å². The lowest BCUT2D eigenvalue weighted by Gasteiger charge is -2.32. The number of rotatable bonds is 3. The summed E-state index contributed by atoms with van der Waals surface area (Å²) in [6.07, 6.45) is 4.83. The Morgan fingerprint density at radius 1 is 1.45 bits per heavy atom. The molecule has 2 aromatic rings. The summed E-state index contributed by atoms with van der Waals surface area (Å²) in [5.41, 5.74) is 2.25. The number of hydrogen-bond acceptors (Lipinski definition) is 2. The molecule has 1 unspecified atom stereocenters. The molecule has 0 spiro atoms. The van der Waals surface area contributed by atoms with Crippen molar-refractivity contribution in [3.63, 3.8) is 0 Å². The summed E-state index contributed by atoms with van der Waals surface area (Å²) >= 11 is 3.49. The molecule has 1 aromatic carbocycles. The Bertz CT molecular complexity index is 638. The van der Waals surface area contributed by atoms with Gasteiger partial charge in [0.25, 0.3) is 0 Å². The molecule has 2 N–H and O–H groups in total. The Morgan fingerprint density at radius 3 is 3.10 bits per heavy atom. The van der Waals surface area contributed by atoms with Gasteiger partial charge in [-0.05, 0) is 43.1 Å². The second-order valence-corrected chi connectivity index (χ2v) is 6.24. The number of piperidine rings is 1. The zero-order valence-electron chi connectivity index (χ0n) is 11.1. The fraction of sp³-hybridized carbons (Fsp3) is 0.400. The number of likely N-dealkylation sites (tertiary alicyclic amines) is 1. The van der Waals surface area contributed by atoms with Gasteiger partial charge in [0.2, 0.25) is 0 Å². The molecule has 20 heavy (non-hydrogen) atoms. The normalized spacial score (nSPS) is 20.4. The third-order valence-corrected chi connectivity index (χ3v) is 4.49. The van der Waals surface area contributed by atoms with Gasteiger partial charge in [-0.1, -0.05) is 22.4 Å². The summed E-state index contributed by atoms with van der Waals surface area (Å²) in [5, 5.41) is 10.5. The molecule has 0 radical (unpaired) electrons. The number of carboxylic acids is 1. The molecule has 1 fully saturated rings. The second-order valence-electron chi connectivity index (χ2n) is 5.32. The molecule has 0 amide bonds. The molecule has 4 nitrogen and oxygen atoms in total. The van der Waals surface area contributed by atoms with Crippen LogP contribution in [0.2, 0.25) is 0 Å². The van der Waals surface area contributed by atoms with Crippen molar-refractivity contribution >= 4 is 32.8 Å². The molecule has 1 saturated heterocycles. The van der Waals surface area contributed by atoms with E-state index in [4.69, 9.17) is 0 Å². The van der Waals surface area contributed by atoms with E-state index in [0.717, 1.165) is 46.7 Å². The molecule has 0 aliphatic carbocycles. The molecular weight excluding hydrogens is 320 g/mol. The first kappa shape index (κ1) is 13.6. The Morgan fingerprint density at radius 2 is 2.30 bits per heavy atom. The van der Waals surface area contributed by atoms with E-state index in [2.05, 4.69) is 31.9 Å². The van der Waals surface area contributed by atoms with Crippen molar-refractivity contribution in [2.75, 3.05) is 6.54 Å². The topological polar surface area (TPSA) is 56.3 Å². The Kier molecular flexibility index (Phi) is 3.81. The number of aromatic nitrogens is 1. The van der Waals surface area contributed by atoms with Crippen LogP contribution < -0.4 is 0 Å². The lowest BCUT2D eigenvalue weighted by atomic mass is 10.0. The van der Waals surface area contributed by atoms with Gasteiger partial charge in [-0.25, -0.2) is 0 Å². The van der Waals surface area contributed by atoms with Crippen LogP contribution in [0.4, 0.5) is 0 Å². The molecule has 106 valence electrons. The van der Waals surface area contributed by atoms with Gasteiger partial charge >= 0.3 is 5.97 Å². The van der Waals surface area contributed by atoms with Gasteiger partial charge in [-0.2, -0.15) is 0 Å². The maximum atomic E-state index is 11.4. The summed E-state index contributed by atoms with van der Waals surface area (Å²) in [4.78, 5) is 16.7. The molecule has 1 atom stereocenters. The maximum absolute atomic E-state index is 11.4. The SMILES string of the molecule is O=C(O)C1CCCCN1Cc1c[nH]c2ccc(Br)cc12. The van der Waals surface area contributed by atoms with Crippen LogP contribution in [0.15, 0.2) is 28.9 Å².